The van der Waals surface area contributed by atoms with Crippen molar-refractivity contribution in [1.29, 1.82) is 0 Å². The minimum atomic E-state index is -4.57. The molecule has 0 heterocycles. The van der Waals surface area contributed by atoms with Gasteiger partial charge in [0.15, 0.2) is 0 Å². The molecular weight excluding hydrogens is 418 g/mol. The smallest absolute Gasteiger partial charge is 0.283 e. The Balaban J connectivity index is 4.54. The zero-order chi connectivity index (χ0) is 23.2. The molecule has 0 aromatic rings. The Hall–Kier alpha value is -0.820. The van der Waals surface area contributed by atoms with Gasteiger partial charge in [0.05, 0.1) is 13.2 Å². The van der Waals surface area contributed by atoms with Crippen molar-refractivity contribution in [3.05, 3.63) is 0 Å². The van der Waals surface area contributed by atoms with Crippen LogP contribution in [0.2, 0.25) is 0 Å². The first-order valence-corrected chi connectivity index (χ1v) is 12.2. The van der Waals surface area contributed by atoms with Crippen LogP contribution in [-0.4, -0.2) is 92.8 Å². The van der Waals surface area contributed by atoms with Crippen molar-refractivity contribution in [1.82, 2.24) is 4.90 Å². The van der Waals surface area contributed by atoms with E-state index in [1.807, 2.05) is 0 Å². The van der Waals surface area contributed by atoms with E-state index in [1.165, 1.54) is 25.7 Å². The summed E-state index contributed by atoms with van der Waals surface area (Å²) in [5, 5.41) is 47.6. The summed E-state index contributed by atoms with van der Waals surface area (Å²) < 4.78 is 31.5. The van der Waals surface area contributed by atoms with Crippen molar-refractivity contribution < 1.29 is 43.3 Å². The summed E-state index contributed by atoms with van der Waals surface area (Å²) in [6, 6.07) is 0. The molecule has 0 aliphatic rings. The molecule has 0 fully saturated rings. The second kappa shape index (κ2) is 15.9. The number of carbonyl (C=O) groups excluding carboxylic acids is 1. The van der Waals surface area contributed by atoms with Gasteiger partial charge < -0.3 is 30.4 Å². The van der Waals surface area contributed by atoms with Gasteiger partial charge in [-0.3, -0.25) is 9.35 Å². The van der Waals surface area contributed by atoms with E-state index in [1.54, 1.807) is 0 Å². The van der Waals surface area contributed by atoms with Crippen molar-refractivity contribution in [2.75, 3.05) is 19.0 Å². The normalized spacial score (nSPS) is 16.1. The number of hydrogen-bond donors (Lipinski definition) is 6. The summed E-state index contributed by atoms with van der Waals surface area (Å²) in [5.74, 6) is -1.69. The van der Waals surface area contributed by atoms with Crippen molar-refractivity contribution in [2.45, 2.75) is 95.5 Å². The van der Waals surface area contributed by atoms with Gasteiger partial charge in [-0.05, 0) is 6.42 Å². The lowest BCUT2D eigenvalue weighted by Crippen LogP contribution is -2.51. The lowest BCUT2D eigenvalue weighted by molar-refractivity contribution is -0.138. The fourth-order valence-electron chi connectivity index (χ4n) is 3.07. The number of rotatable bonds is 18. The lowest BCUT2D eigenvalue weighted by Gasteiger charge is -2.30. The van der Waals surface area contributed by atoms with Crippen LogP contribution in [0.3, 0.4) is 0 Å². The standard InChI is InChI=1S/C19H39NO9S/c1-2-3-4-5-6-7-8-9-10-11-17(24)20(14-30(27,28)29)12-15(22)18(25)19(26)16(23)13-21/h15-16,18-19,21-23,25-26H,2-14H2,1H3,(H,27,28,29)/t15-,16+,18+,19+/m0/s1. The molecule has 6 N–H and O–H groups in total. The maximum Gasteiger partial charge on any atom is 0.283 e. The third-order valence-electron chi connectivity index (χ3n) is 4.90. The van der Waals surface area contributed by atoms with E-state index in [4.69, 9.17) is 9.66 Å². The fourth-order valence-corrected chi connectivity index (χ4v) is 3.71. The highest BCUT2D eigenvalue weighted by atomic mass is 32.2. The number of hydrogen-bond acceptors (Lipinski definition) is 8. The maximum atomic E-state index is 12.4. The number of unbranched alkanes of at least 4 members (excludes halogenated alkanes) is 8. The lowest BCUT2D eigenvalue weighted by atomic mass is 10.0. The van der Waals surface area contributed by atoms with Crippen LogP contribution >= 0.6 is 0 Å². The third-order valence-corrected chi connectivity index (χ3v) is 5.54. The summed E-state index contributed by atoms with van der Waals surface area (Å²) in [7, 11) is -4.57. The van der Waals surface area contributed by atoms with Crippen LogP contribution in [-0.2, 0) is 14.9 Å². The second-order valence-corrected chi connectivity index (χ2v) is 9.13. The fraction of sp³-hybridized carbons (Fsp3) is 0.947. The Morgan fingerprint density at radius 2 is 1.30 bits per heavy atom. The number of aliphatic hydroxyl groups excluding tert-OH is 5. The Bertz CT molecular complexity index is 558. The molecular formula is C19H39NO9S. The van der Waals surface area contributed by atoms with Gasteiger partial charge in [0.25, 0.3) is 10.1 Å². The molecule has 180 valence electrons. The summed E-state index contributed by atoms with van der Waals surface area (Å²) in [6.07, 6.45) is 1.93. The van der Waals surface area contributed by atoms with Crippen LogP contribution in [0.1, 0.15) is 71.1 Å². The van der Waals surface area contributed by atoms with Gasteiger partial charge in [0, 0.05) is 6.42 Å². The van der Waals surface area contributed by atoms with E-state index in [-0.39, 0.29) is 6.42 Å². The van der Waals surface area contributed by atoms with Gasteiger partial charge in [-0.25, -0.2) is 0 Å². The molecule has 0 saturated carbocycles. The average molecular weight is 458 g/mol. The highest BCUT2D eigenvalue weighted by Crippen LogP contribution is 2.13. The van der Waals surface area contributed by atoms with E-state index >= 15 is 0 Å². The molecule has 0 spiro atoms. The minimum Gasteiger partial charge on any atom is -0.394 e. The molecule has 0 rings (SSSR count). The van der Waals surface area contributed by atoms with E-state index in [2.05, 4.69) is 6.92 Å². The molecule has 11 heteroatoms. The van der Waals surface area contributed by atoms with Crippen LogP contribution in [0.4, 0.5) is 0 Å². The maximum absolute atomic E-state index is 12.4. The van der Waals surface area contributed by atoms with Gasteiger partial charge in [-0.15, -0.1) is 0 Å². The van der Waals surface area contributed by atoms with E-state index in [0.29, 0.717) is 11.3 Å². The van der Waals surface area contributed by atoms with Crippen LogP contribution in [0.5, 0.6) is 0 Å². The summed E-state index contributed by atoms with van der Waals surface area (Å²) in [4.78, 5) is 13.0. The Morgan fingerprint density at radius 1 is 0.833 bits per heavy atom. The molecule has 0 radical (unpaired) electrons. The Morgan fingerprint density at radius 3 is 1.77 bits per heavy atom. The molecule has 0 aromatic carbocycles. The highest BCUT2D eigenvalue weighted by molar-refractivity contribution is 7.85. The SMILES string of the molecule is CCCCCCCCCCCC(=O)N(C[C@H](O)[C@@H](O)[C@H](O)[C@H](O)CO)CS(=O)(=O)O. The molecule has 30 heavy (non-hydrogen) atoms. The first-order valence-electron chi connectivity index (χ1n) is 10.6. The van der Waals surface area contributed by atoms with Crippen LogP contribution in [0.25, 0.3) is 0 Å². The minimum absolute atomic E-state index is 0.00991. The molecule has 0 aliphatic heterocycles. The number of carbonyl (C=O) groups is 1. The molecule has 0 aliphatic carbocycles. The zero-order valence-corrected chi connectivity index (χ0v) is 18.6. The van der Waals surface area contributed by atoms with E-state index < -0.39 is 59.5 Å². The van der Waals surface area contributed by atoms with E-state index in [0.717, 1.165) is 25.7 Å². The second-order valence-electron chi connectivity index (χ2n) is 7.70. The monoisotopic (exact) mass is 457 g/mol. The molecule has 0 saturated heterocycles. The van der Waals surface area contributed by atoms with Crippen LogP contribution in [0.15, 0.2) is 0 Å². The first-order chi connectivity index (χ1) is 14.0. The molecule has 10 nitrogen and oxygen atoms in total. The van der Waals surface area contributed by atoms with Crippen molar-refractivity contribution in [2.24, 2.45) is 0 Å². The van der Waals surface area contributed by atoms with Gasteiger partial charge in [-0.2, -0.15) is 8.42 Å². The van der Waals surface area contributed by atoms with Gasteiger partial charge in [-0.1, -0.05) is 58.3 Å². The summed E-state index contributed by atoms with van der Waals surface area (Å²) in [5.41, 5.74) is 0. The Kier molecular flexibility index (Phi) is 15.5. The van der Waals surface area contributed by atoms with Crippen molar-refractivity contribution in [3.63, 3.8) is 0 Å². The third kappa shape index (κ3) is 13.5. The molecule has 0 unspecified atom stereocenters. The Labute approximate surface area is 179 Å². The number of amides is 1. The predicted molar refractivity (Wildman–Crippen MR) is 111 cm³/mol. The number of aliphatic hydroxyl groups is 5. The topological polar surface area (TPSA) is 176 Å². The largest absolute Gasteiger partial charge is 0.394 e. The van der Waals surface area contributed by atoms with Gasteiger partial charge >= 0.3 is 0 Å². The van der Waals surface area contributed by atoms with Gasteiger partial charge in [0.2, 0.25) is 5.91 Å². The first kappa shape index (κ1) is 29.2. The van der Waals surface area contributed by atoms with E-state index in [9.17, 15) is 33.6 Å². The van der Waals surface area contributed by atoms with Crippen LogP contribution in [0, 0.1) is 0 Å². The predicted octanol–water partition coefficient (Wildman–Crippen LogP) is 0.0171. The zero-order valence-electron chi connectivity index (χ0n) is 17.8. The molecule has 0 aromatic heterocycles. The quantitative estimate of drug-likeness (QED) is 0.122. The molecule has 4 atom stereocenters. The van der Waals surface area contributed by atoms with Crippen molar-refractivity contribution >= 4 is 16.0 Å². The number of nitrogens with zero attached hydrogens (tertiary/aromatic N) is 1. The molecule has 0 bridgehead atoms. The summed E-state index contributed by atoms with van der Waals surface area (Å²) in [6.45, 7) is 0.617. The summed E-state index contributed by atoms with van der Waals surface area (Å²) >= 11 is 0. The highest BCUT2D eigenvalue weighted by Gasteiger charge is 2.32. The molecule has 1 amide bonds. The average Bonchev–Trinajstić information content (AvgIpc) is 2.68. The van der Waals surface area contributed by atoms with Gasteiger partial charge in [0.1, 0.15) is 30.3 Å². The van der Waals surface area contributed by atoms with Crippen molar-refractivity contribution in [3.8, 4) is 0 Å². The van der Waals surface area contributed by atoms with Crippen LogP contribution < -0.4 is 0 Å².